The zero-order valence-electron chi connectivity index (χ0n) is 11.5. The zero-order chi connectivity index (χ0) is 13.0. The molecule has 0 heterocycles. The fraction of sp³-hybridized carbons (Fsp3) is 0.600. The minimum absolute atomic E-state index is 0.735. The van der Waals surface area contributed by atoms with Gasteiger partial charge >= 0.3 is 0 Å². The summed E-state index contributed by atoms with van der Waals surface area (Å²) in [5.41, 5.74) is 1.33. The highest BCUT2D eigenvalue weighted by molar-refractivity contribution is 8.00. The third-order valence-corrected chi connectivity index (χ3v) is 5.27. The van der Waals surface area contributed by atoms with Gasteiger partial charge in [-0.2, -0.15) is 0 Å². The van der Waals surface area contributed by atoms with Crippen LogP contribution in [0.25, 0.3) is 0 Å². The smallest absolute Gasteiger partial charge is 0.119 e. The van der Waals surface area contributed by atoms with Gasteiger partial charge in [-0.05, 0) is 63.4 Å². The Morgan fingerprint density at radius 3 is 2.50 bits per heavy atom. The van der Waals surface area contributed by atoms with Gasteiger partial charge in [0.05, 0.1) is 7.11 Å². The minimum Gasteiger partial charge on any atom is -0.497 e. The molecule has 0 saturated heterocycles. The van der Waals surface area contributed by atoms with Gasteiger partial charge in [-0.1, -0.05) is 0 Å². The molecule has 1 fully saturated rings. The number of ether oxygens (including phenoxy) is 1. The molecule has 0 spiro atoms. The van der Waals surface area contributed by atoms with Crippen LogP contribution in [0.5, 0.6) is 5.75 Å². The average molecular weight is 265 g/mol. The van der Waals surface area contributed by atoms with Crippen LogP contribution in [-0.2, 0) is 0 Å². The third kappa shape index (κ3) is 3.42. The Kier molecular flexibility index (Phi) is 4.95. The van der Waals surface area contributed by atoms with Crippen LogP contribution in [0.15, 0.2) is 23.1 Å². The highest BCUT2D eigenvalue weighted by atomic mass is 32.2. The first-order valence-electron chi connectivity index (χ1n) is 6.71. The van der Waals surface area contributed by atoms with Crippen LogP contribution in [-0.4, -0.2) is 25.4 Å². The fourth-order valence-corrected chi connectivity index (χ4v) is 3.79. The molecule has 0 bridgehead atoms. The van der Waals surface area contributed by atoms with E-state index in [4.69, 9.17) is 4.74 Å². The van der Waals surface area contributed by atoms with Crippen molar-refractivity contribution in [2.45, 2.75) is 48.8 Å². The van der Waals surface area contributed by atoms with Gasteiger partial charge < -0.3 is 10.1 Å². The van der Waals surface area contributed by atoms with E-state index < -0.39 is 0 Å². The van der Waals surface area contributed by atoms with E-state index in [1.807, 2.05) is 11.8 Å². The Balaban J connectivity index is 1.94. The van der Waals surface area contributed by atoms with Crippen molar-refractivity contribution < 1.29 is 4.74 Å². The molecule has 1 aliphatic carbocycles. The molecule has 1 saturated carbocycles. The van der Waals surface area contributed by atoms with Crippen LogP contribution in [0.4, 0.5) is 0 Å². The maximum absolute atomic E-state index is 5.25. The normalized spacial score (nSPS) is 23.9. The van der Waals surface area contributed by atoms with Gasteiger partial charge in [0.1, 0.15) is 5.75 Å². The third-order valence-electron chi connectivity index (χ3n) is 3.76. The molecule has 1 aromatic rings. The Hall–Kier alpha value is -0.670. The quantitative estimate of drug-likeness (QED) is 0.898. The lowest BCUT2D eigenvalue weighted by Gasteiger charge is -2.28. The number of methoxy groups -OCH3 is 1. The summed E-state index contributed by atoms with van der Waals surface area (Å²) in [4.78, 5) is 1.41. The van der Waals surface area contributed by atoms with Crippen molar-refractivity contribution in [3.63, 3.8) is 0 Å². The van der Waals surface area contributed by atoms with E-state index >= 15 is 0 Å². The second-order valence-corrected chi connectivity index (χ2v) is 6.35. The van der Waals surface area contributed by atoms with Crippen molar-refractivity contribution in [2.24, 2.45) is 0 Å². The van der Waals surface area contributed by atoms with E-state index in [1.165, 1.54) is 36.1 Å². The first-order chi connectivity index (χ1) is 8.72. The molecule has 0 radical (unpaired) electrons. The number of benzene rings is 1. The van der Waals surface area contributed by atoms with Gasteiger partial charge in [0.2, 0.25) is 0 Å². The number of nitrogens with one attached hydrogen (secondary N) is 1. The van der Waals surface area contributed by atoms with Crippen LogP contribution in [0, 0.1) is 6.92 Å². The van der Waals surface area contributed by atoms with Crippen molar-refractivity contribution in [3.05, 3.63) is 23.8 Å². The van der Waals surface area contributed by atoms with Gasteiger partial charge in [0, 0.05) is 16.2 Å². The molecule has 1 N–H and O–H groups in total. The Labute approximate surface area is 114 Å². The molecule has 0 atom stereocenters. The molecule has 0 unspecified atom stereocenters. The summed E-state index contributed by atoms with van der Waals surface area (Å²) in [5.74, 6) is 0.954. The fourth-order valence-electron chi connectivity index (χ4n) is 2.53. The standard InChI is InChI=1S/C15H23NOS/c1-11-10-13(17-3)6-9-15(11)18-14-7-4-12(16-2)5-8-14/h6,9-10,12,14,16H,4-5,7-8H2,1-3H3. The van der Waals surface area contributed by atoms with Crippen LogP contribution in [0.2, 0.25) is 0 Å². The summed E-state index contributed by atoms with van der Waals surface area (Å²) < 4.78 is 5.25. The highest BCUT2D eigenvalue weighted by Crippen LogP contribution is 2.36. The first-order valence-corrected chi connectivity index (χ1v) is 7.59. The van der Waals surface area contributed by atoms with Gasteiger partial charge in [-0.15, -0.1) is 11.8 Å². The van der Waals surface area contributed by atoms with E-state index in [2.05, 4.69) is 37.5 Å². The second kappa shape index (κ2) is 6.48. The summed E-state index contributed by atoms with van der Waals surface area (Å²) in [6, 6.07) is 7.12. The van der Waals surface area contributed by atoms with E-state index in [1.54, 1.807) is 7.11 Å². The number of hydrogen-bond acceptors (Lipinski definition) is 3. The largest absolute Gasteiger partial charge is 0.497 e. The van der Waals surface area contributed by atoms with E-state index in [-0.39, 0.29) is 0 Å². The molecule has 0 aliphatic heterocycles. The first kappa shape index (κ1) is 13.8. The topological polar surface area (TPSA) is 21.3 Å². The highest BCUT2D eigenvalue weighted by Gasteiger charge is 2.21. The molecular weight excluding hydrogens is 242 g/mol. The van der Waals surface area contributed by atoms with Gasteiger partial charge in [-0.3, -0.25) is 0 Å². The van der Waals surface area contributed by atoms with E-state index in [0.29, 0.717) is 0 Å². The summed E-state index contributed by atoms with van der Waals surface area (Å²) in [7, 11) is 3.80. The van der Waals surface area contributed by atoms with Crippen LogP contribution in [0.1, 0.15) is 31.2 Å². The lowest BCUT2D eigenvalue weighted by molar-refractivity contribution is 0.401. The zero-order valence-corrected chi connectivity index (χ0v) is 12.3. The van der Waals surface area contributed by atoms with Crippen molar-refractivity contribution in [2.75, 3.05) is 14.2 Å². The van der Waals surface area contributed by atoms with Crippen LogP contribution >= 0.6 is 11.8 Å². The Morgan fingerprint density at radius 2 is 1.94 bits per heavy atom. The second-order valence-electron chi connectivity index (χ2n) is 5.01. The van der Waals surface area contributed by atoms with E-state index in [9.17, 15) is 0 Å². The molecule has 2 nitrogen and oxygen atoms in total. The predicted molar refractivity (Wildman–Crippen MR) is 78.7 cm³/mol. The number of hydrogen-bond donors (Lipinski definition) is 1. The molecule has 0 amide bonds. The molecule has 100 valence electrons. The number of rotatable bonds is 4. The predicted octanol–water partition coefficient (Wildman–Crippen LogP) is 3.63. The molecule has 18 heavy (non-hydrogen) atoms. The Morgan fingerprint density at radius 1 is 1.22 bits per heavy atom. The van der Waals surface area contributed by atoms with Crippen LogP contribution in [0.3, 0.4) is 0 Å². The van der Waals surface area contributed by atoms with E-state index in [0.717, 1.165) is 17.0 Å². The van der Waals surface area contributed by atoms with Crippen molar-refractivity contribution in [1.82, 2.24) is 5.32 Å². The van der Waals surface area contributed by atoms with Gasteiger partial charge in [0.25, 0.3) is 0 Å². The number of thioether (sulfide) groups is 1. The molecule has 3 heteroatoms. The lowest BCUT2D eigenvalue weighted by atomic mass is 9.95. The maximum Gasteiger partial charge on any atom is 0.119 e. The summed E-state index contributed by atoms with van der Waals surface area (Å²) in [6.45, 7) is 2.17. The minimum atomic E-state index is 0.735. The maximum atomic E-state index is 5.25. The average Bonchev–Trinajstić information content (AvgIpc) is 2.42. The molecular formula is C15H23NOS. The number of aryl methyl sites for hydroxylation is 1. The summed E-state index contributed by atoms with van der Waals surface area (Å²) in [6.07, 6.45) is 5.26. The van der Waals surface area contributed by atoms with Crippen molar-refractivity contribution in [1.29, 1.82) is 0 Å². The van der Waals surface area contributed by atoms with Crippen LogP contribution < -0.4 is 10.1 Å². The SMILES string of the molecule is CNC1CCC(Sc2ccc(OC)cc2C)CC1. The van der Waals surface area contributed by atoms with Crippen molar-refractivity contribution >= 4 is 11.8 Å². The molecule has 2 rings (SSSR count). The molecule has 1 aliphatic rings. The Bertz CT molecular complexity index is 386. The van der Waals surface area contributed by atoms with Crippen molar-refractivity contribution in [3.8, 4) is 5.75 Å². The monoisotopic (exact) mass is 265 g/mol. The molecule has 1 aromatic carbocycles. The summed E-state index contributed by atoms with van der Waals surface area (Å²) in [5, 5.41) is 4.17. The molecule has 0 aromatic heterocycles. The van der Waals surface area contributed by atoms with Gasteiger partial charge in [0.15, 0.2) is 0 Å². The van der Waals surface area contributed by atoms with Gasteiger partial charge in [-0.25, -0.2) is 0 Å². The lowest BCUT2D eigenvalue weighted by Crippen LogP contribution is -2.30. The summed E-state index contributed by atoms with van der Waals surface area (Å²) >= 11 is 2.04.